The van der Waals surface area contributed by atoms with Crippen molar-refractivity contribution >= 4 is 0 Å². The highest BCUT2D eigenvalue weighted by molar-refractivity contribution is 5.31. The predicted molar refractivity (Wildman–Crippen MR) is 48.8 cm³/mol. The first-order chi connectivity index (χ1) is 6.82. The van der Waals surface area contributed by atoms with E-state index in [1.165, 1.54) is 6.92 Å². The van der Waals surface area contributed by atoms with Gasteiger partial charge in [-0.1, -0.05) is 6.07 Å². The normalized spacial score (nSPS) is 14.0. The van der Waals surface area contributed by atoms with E-state index in [2.05, 4.69) is 0 Å². The summed E-state index contributed by atoms with van der Waals surface area (Å²) in [5.41, 5.74) is 4.07. The Kier molecular flexibility index (Phi) is 3.34. The van der Waals surface area contributed by atoms with E-state index in [4.69, 9.17) is 5.73 Å². The molecule has 15 heavy (non-hydrogen) atoms. The van der Waals surface area contributed by atoms with Crippen molar-refractivity contribution in [1.82, 2.24) is 0 Å². The molecule has 1 rings (SSSR count). The van der Waals surface area contributed by atoms with Gasteiger partial charge in [-0.05, 0) is 25.5 Å². The zero-order valence-corrected chi connectivity index (χ0v) is 8.11. The summed E-state index contributed by atoms with van der Waals surface area (Å²) < 4.78 is 50.6. The highest BCUT2D eigenvalue weighted by Gasteiger charge is 2.34. The molecule has 1 nitrogen and oxygen atoms in total. The second-order valence-corrected chi connectivity index (χ2v) is 3.45. The minimum absolute atomic E-state index is 0.123. The molecule has 0 aliphatic carbocycles. The zero-order chi connectivity index (χ0) is 11.6. The summed E-state index contributed by atoms with van der Waals surface area (Å²) in [5.74, 6) is -0.859. The maximum Gasteiger partial charge on any atom is 0.416 e. The Morgan fingerprint density at radius 1 is 1.33 bits per heavy atom. The third-order valence-electron chi connectivity index (χ3n) is 1.95. The summed E-state index contributed by atoms with van der Waals surface area (Å²) >= 11 is 0. The molecule has 1 aromatic carbocycles. The Hall–Kier alpha value is -1.10. The van der Waals surface area contributed by atoms with Gasteiger partial charge in [0.2, 0.25) is 0 Å². The molecular formula is C10H11F4N. The molecule has 0 amide bonds. The SMILES string of the molecule is CC(N)Cc1c(F)cccc1C(F)(F)F. The van der Waals surface area contributed by atoms with Crippen LogP contribution in [-0.2, 0) is 12.6 Å². The molecule has 0 fully saturated rings. The van der Waals surface area contributed by atoms with Crippen molar-refractivity contribution in [2.75, 3.05) is 0 Å². The minimum Gasteiger partial charge on any atom is -0.328 e. The topological polar surface area (TPSA) is 26.0 Å². The molecule has 1 unspecified atom stereocenters. The van der Waals surface area contributed by atoms with Gasteiger partial charge in [-0.25, -0.2) is 4.39 Å². The van der Waals surface area contributed by atoms with Gasteiger partial charge in [-0.3, -0.25) is 0 Å². The van der Waals surface area contributed by atoms with Crippen LogP contribution in [0.3, 0.4) is 0 Å². The van der Waals surface area contributed by atoms with E-state index in [1.807, 2.05) is 0 Å². The monoisotopic (exact) mass is 221 g/mol. The molecule has 0 radical (unpaired) electrons. The number of rotatable bonds is 2. The molecule has 0 aromatic heterocycles. The fourth-order valence-electron chi connectivity index (χ4n) is 1.35. The zero-order valence-electron chi connectivity index (χ0n) is 8.11. The Bertz CT molecular complexity index is 344. The fraction of sp³-hybridized carbons (Fsp3) is 0.400. The fourth-order valence-corrected chi connectivity index (χ4v) is 1.35. The molecule has 0 saturated heterocycles. The lowest BCUT2D eigenvalue weighted by molar-refractivity contribution is -0.138. The minimum atomic E-state index is -4.54. The largest absolute Gasteiger partial charge is 0.416 e. The standard InChI is InChI=1S/C10H11F4N/c1-6(15)5-7-8(10(12,13)14)3-2-4-9(7)11/h2-4,6H,5,15H2,1H3. The van der Waals surface area contributed by atoms with Crippen LogP contribution < -0.4 is 5.73 Å². The lowest BCUT2D eigenvalue weighted by Crippen LogP contribution is -2.21. The molecule has 84 valence electrons. The summed E-state index contributed by atoms with van der Waals surface area (Å²) in [7, 11) is 0. The summed E-state index contributed by atoms with van der Waals surface area (Å²) in [6.45, 7) is 1.53. The number of benzene rings is 1. The van der Waals surface area contributed by atoms with Gasteiger partial charge in [-0.15, -0.1) is 0 Å². The predicted octanol–water partition coefficient (Wildman–Crippen LogP) is 2.73. The lowest BCUT2D eigenvalue weighted by atomic mass is 10.0. The van der Waals surface area contributed by atoms with Crippen molar-refractivity contribution in [1.29, 1.82) is 0 Å². The van der Waals surface area contributed by atoms with Crippen molar-refractivity contribution in [2.45, 2.75) is 25.6 Å². The van der Waals surface area contributed by atoms with Crippen molar-refractivity contribution in [3.63, 3.8) is 0 Å². The number of hydrogen-bond acceptors (Lipinski definition) is 1. The molecule has 0 aliphatic rings. The van der Waals surface area contributed by atoms with E-state index >= 15 is 0 Å². The van der Waals surface area contributed by atoms with Crippen LogP contribution in [0.4, 0.5) is 17.6 Å². The van der Waals surface area contributed by atoms with Crippen LogP contribution in [0.2, 0.25) is 0 Å². The highest BCUT2D eigenvalue weighted by atomic mass is 19.4. The van der Waals surface area contributed by atoms with Crippen LogP contribution in [-0.4, -0.2) is 6.04 Å². The second-order valence-electron chi connectivity index (χ2n) is 3.45. The van der Waals surface area contributed by atoms with Gasteiger partial charge in [0.05, 0.1) is 5.56 Å². The van der Waals surface area contributed by atoms with Crippen LogP contribution in [0, 0.1) is 5.82 Å². The van der Waals surface area contributed by atoms with E-state index in [-0.39, 0.29) is 12.0 Å². The van der Waals surface area contributed by atoms with E-state index in [9.17, 15) is 17.6 Å². The first-order valence-corrected chi connectivity index (χ1v) is 4.42. The Labute approximate surface area is 84.9 Å². The maximum absolute atomic E-state index is 13.2. The molecule has 0 bridgehead atoms. The maximum atomic E-state index is 13.2. The third-order valence-corrected chi connectivity index (χ3v) is 1.95. The van der Waals surface area contributed by atoms with E-state index in [0.717, 1.165) is 18.2 Å². The lowest BCUT2D eigenvalue weighted by Gasteiger charge is -2.14. The number of halogens is 4. The average Bonchev–Trinajstić information content (AvgIpc) is 2.05. The van der Waals surface area contributed by atoms with E-state index in [1.54, 1.807) is 0 Å². The third kappa shape index (κ3) is 2.92. The summed E-state index contributed by atoms with van der Waals surface area (Å²) in [6.07, 6.45) is -4.66. The number of hydrogen-bond donors (Lipinski definition) is 1. The molecule has 0 saturated carbocycles. The van der Waals surface area contributed by atoms with E-state index < -0.39 is 23.6 Å². The molecule has 0 aliphatic heterocycles. The van der Waals surface area contributed by atoms with Crippen molar-refractivity contribution < 1.29 is 17.6 Å². The Balaban J connectivity index is 3.21. The van der Waals surface area contributed by atoms with Gasteiger partial charge in [-0.2, -0.15) is 13.2 Å². The van der Waals surface area contributed by atoms with Crippen LogP contribution >= 0.6 is 0 Å². The van der Waals surface area contributed by atoms with Crippen molar-refractivity contribution in [3.8, 4) is 0 Å². The molecule has 5 heteroatoms. The molecule has 1 atom stereocenters. The second kappa shape index (κ2) is 4.18. The van der Waals surface area contributed by atoms with Crippen LogP contribution in [0.25, 0.3) is 0 Å². The first kappa shape index (κ1) is 12.0. The van der Waals surface area contributed by atoms with Crippen molar-refractivity contribution in [3.05, 3.63) is 35.1 Å². The molecule has 0 spiro atoms. The van der Waals surface area contributed by atoms with Gasteiger partial charge in [0.1, 0.15) is 5.82 Å². The van der Waals surface area contributed by atoms with Crippen LogP contribution in [0.15, 0.2) is 18.2 Å². The molecule has 1 aromatic rings. The quantitative estimate of drug-likeness (QED) is 0.763. The summed E-state index contributed by atoms with van der Waals surface area (Å²) in [6, 6.07) is 2.40. The van der Waals surface area contributed by atoms with Crippen LogP contribution in [0.1, 0.15) is 18.1 Å². The van der Waals surface area contributed by atoms with Gasteiger partial charge in [0, 0.05) is 11.6 Å². The number of alkyl halides is 3. The Morgan fingerprint density at radius 2 is 1.93 bits per heavy atom. The van der Waals surface area contributed by atoms with Gasteiger partial charge in [0.15, 0.2) is 0 Å². The Morgan fingerprint density at radius 3 is 2.40 bits per heavy atom. The van der Waals surface area contributed by atoms with Gasteiger partial charge >= 0.3 is 6.18 Å². The molecular weight excluding hydrogens is 210 g/mol. The smallest absolute Gasteiger partial charge is 0.328 e. The van der Waals surface area contributed by atoms with Gasteiger partial charge in [0.25, 0.3) is 0 Å². The van der Waals surface area contributed by atoms with Gasteiger partial charge < -0.3 is 5.73 Å². The first-order valence-electron chi connectivity index (χ1n) is 4.42. The van der Waals surface area contributed by atoms with E-state index in [0.29, 0.717) is 0 Å². The number of nitrogens with two attached hydrogens (primary N) is 1. The molecule has 2 N–H and O–H groups in total. The average molecular weight is 221 g/mol. The van der Waals surface area contributed by atoms with Crippen LogP contribution in [0.5, 0.6) is 0 Å². The van der Waals surface area contributed by atoms with Crippen molar-refractivity contribution in [2.24, 2.45) is 5.73 Å². The highest BCUT2D eigenvalue weighted by Crippen LogP contribution is 2.33. The summed E-state index contributed by atoms with van der Waals surface area (Å²) in [5, 5.41) is 0. The summed E-state index contributed by atoms with van der Waals surface area (Å²) in [4.78, 5) is 0. The molecule has 0 heterocycles.